The van der Waals surface area contributed by atoms with Gasteiger partial charge in [0.15, 0.2) is 0 Å². The minimum atomic E-state index is -1.08. The molecule has 1 aromatic carbocycles. The van der Waals surface area contributed by atoms with Crippen molar-refractivity contribution in [3.05, 3.63) is 53.3 Å². The van der Waals surface area contributed by atoms with E-state index >= 15 is 0 Å². The van der Waals surface area contributed by atoms with Gasteiger partial charge in [0.2, 0.25) is 5.91 Å². The summed E-state index contributed by atoms with van der Waals surface area (Å²) in [5, 5.41) is 6.61. The van der Waals surface area contributed by atoms with Gasteiger partial charge in [0.25, 0.3) is 5.91 Å². The summed E-state index contributed by atoms with van der Waals surface area (Å²) in [6.07, 6.45) is 4.66. The summed E-state index contributed by atoms with van der Waals surface area (Å²) < 4.78 is 20.9. The zero-order valence-corrected chi connectivity index (χ0v) is 35.6. The molecule has 2 unspecified atom stereocenters. The molecule has 7 atom stereocenters. The molecule has 13 heteroatoms. The smallest absolute Gasteiger partial charge is 0.259 e. The molecule has 1 saturated heterocycles. The first-order valence-corrected chi connectivity index (χ1v) is 21.6. The number of aromatic nitrogens is 2. The fourth-order valence-electron chi connectivity index (χ4n) is 8.84. The highest BCUT2D eigenvalue weighted by molar-refractivity contribution is 8.14. The van der Waals surface area contributed by atoms with Crippen molar-refractivity contribution < 1.29 is 28.6 Å². The van der Waals surface area contributed by atoms with E-state index in [2.05, 4.69) is 81.1 Å². The normalized spacial score (nSPS) is 28.2. The van der Waals surface area contributed by atoms with Crippen molar-refractivity contribution in [2.75, 3.05) is 39.2 Å². The number of nitrogens with one attached hydrogen (secondary N) is 2. The van der Waals surface area contributed by atoms with E-state index in [0.717, 1.165) is 50.5 Å². The van der Waals surface area contributed by atoms with Crippen LogP contribution in [0.4, 0.5) is 0 Å². The average Bonchev–Trinajstić information content (AvgIpc) is 3.45. The Morgan fingerprint density at radius 3 is 2.68 bits per heavy atom. The Hall–Kier alpha value is -3.62. The molecule has 12 nitrogen and oxygen atoms in total. The molecule has 0 spiro atoms. The maximum absolute atomic E-state index is 14.3. The molecule has 2 aromatic heterocycles. The second kappa shape index (κ2) is 16.9. The Balaban J connectivity index is 1.35. The lowest BCUT2D eigenvalue weighted by atomic mass is 9.84. The van der Waals surface area contributed by atoms with Crippen LogP contribution in [-0.4, -0.2) is 94.6 Å². The number of hydrazine groups is 1. The van der Waals surface area contributed by atoms with Crippen molar-refractivity contribution in [1.29, 1.82) is 0 Å². The van der Waals surface area contributed by atoms with Crippen LogP contribution in [0.2, 0.25) is 0 Å². The molecule has 6 bridgehead atoms. The molecule has 57 heavy (non-hydrogen) atoms. The van der Waals surface area contributed by atoms with Crippen LogP contribution in [-0.2, 0) is 41.6 Å². The van der Waals surface area contributed by atoms with Gasteiger partial charge in [0.05, 0.1) is 54.5 Å². The Kier molecular flexibility index (Phi) is 12.3. The second-order valence-corrected chi connectivity index (χ2v) is 18.8. The highest BCUT2D eigenvalue weighted by Crippen LogP contribution is 2.46. The maximum Gasteiger partial charge on any atom is 0.259 e. The van der Waals surface area contributed by atoms with Crippen LogP contribution in [0.1, 0.15) is 96.7 Å². The number of methoxy groups -OCH3 is 1. The molecule has 5 heterocycles. The van der Waals surface area contributed by atoms with Crippen molar-refractivity contribution in [3.8, 4) is 11.3 Å². The molecule has 2 N–H and O–H groups in total. The minimum absolute atomic E-state index is 0.0901. The number of carbonyl (C=O) groups is 3. The lowest BCUT2D eigenvalue weighted by molar-refractivity contribution is -0.147. The molecule has 0 radical (unpaired) electrons. The number of amides is 2. The first-order valence-electron chi connectivity index (χ1n) is 20.6. The summed E-state index contributed by atoms with van der Waals surface area (Å²) in [6.45, 7) is 16.8. The Labute approximate surface area is 341 Å². The van der Waals surface area contributed by atoms with Crippen LogP contribution in [0.25, 0.3) is 22.2 Å². The Morgan fingerprint density at radius 1 is 1.18 bits per heavy atom. The molecule has 1 aliphatic carbocycles. The fourth-order valence-corrected chi connectivity index (χ4v) is 9.94. The van der Waals surface area contributed by atoms with Crippen molar-refractivity contribution in [2.45, 2.75) is 111 Å². The number of ether oxygens (including phenoxy) is 3. The summed E-state index contributed by atoms with van der Waals surface area (Å²) in [6, 6.07) is 9.86. The lowest BCUT2D eigenvalue weighted by Gasteiger charge is -2.41. The van der Waals surface area contributed by atoms with Crippen LogP contribution in [0.15, 0.2) is 41.5 Å². The number of carbonyl (C=O) groups excluding carboxylic acids is 3. The molecule has 2 amide bonds. The van der Waals surface area contributed by atoms with Crippen molar-refractivity contribution in [3.63, 3.8) is 0 Å². The van der Waals surface area contributed by atoms with Gasteiger partial charge < -0.3 is 28.9 Å². The van der Waals surface area contributed by atoms with E-state index in [1.54, 1.807) is 18.9 Å². The van der Waals surface area contributed by atoms with Gasteiger partial charge in [0, 0.05) is 61.0 Å². The number of hydrogen-bond donors (Lipinski definition) is 2. The summed E-state index contributed by atoms with van der Waals surface area (Å²) in [5.41, 5.74) is 8.16. The van der Waals surface area contributed by atoms with Crippen molar-refractivity contribution in [2.24, 2.45) is 28.2 Å². The number of thioether (sulfide) groups is 1. The van der Waals surface area contributed by atoms with E-state index in [1.807, 2.05) is 19.2 Å². The van der Waals surface area contributed by atoms with Crippen LogP contribution in [0, 0.1) is 23.2 Å². The number of nitrogens with zero attached hydrogens (tertiary/aromatic N) is 4. The van der Waals surface area contributed by atoms with Gasteiger partial charge in [-0.15, -0.1) is 11.8 Å². The summed E-state index contributed by atoms with van der Waals surface area (Å²) in [4.78, 5) is 50.8. The van der Waals surface area contributed by atoms with Crippen LogP contribution < -0.4 is 10.7 Å². The zero-order valence-electron chi connectivity index (χ0n) is 34.8. The van der Waals surface area contributed by atoms with Gasteiger partial charge in [-0.2, -0.15) is 0 Å². The van der Waals surface area contributed by atoms with E-state index in [-0.39, 0.29) is 66.3 Å². The number of aliphatic imine (C=N–C) groups is 1. The molecule has 2 fully saturated rings. The van der Waals surface area contributed by atoms with E-state index < -0.39 is 11.6 Å². The fraction of sp³-hybridized carbons (Fsp3) is 0.614. The average molecular weight is 801 g/mol. The third kappa shape index (κ3) is 8.73. The molecular weight excluding hydrogens is 741 g/mol. The number of fused-ring (bicyclic) bond motifs is 5. The molecule has 3 aromatic rings. The maximum atomic E-state index is 14.3. The van der Waals surface area contributed by atoms with Crippen LogP contribution in [0.5, 0.6) is 0 Å². The number of pyridine rings is 1. The van der Waals surface area contributed by atoms with Crippen molar-refractivity contribution in [1.82, 2.24) is 25.3 Å². The van der Waals surface area contributed by atoms with E-state index in [4.69, 9.17) is 24.2 Å². The van der Waals surface area contributed by atoms with Gasteiger partial charge >= 0.3 is 0 Å². The molecular formula is C44H60N6O6S. The van der Waals surface area contributed by atoms with Gasteiger partial charge in [0.1, 0.15) is 17.9 Å². The molecule has 7 rings (SSSR count). The molecule has 4 aliphatic rings. The Bertz CT molecular complexity index is 2010. The first kappa shape index (κ1) is 41.5. The van der Waals surface area contributed by atoms with E-state index in [0.29, 0.717) is 45.6 Å². The molecule has 308 valence electrons. The number of hydrogen-bond acceptors (Lipinski definition) is 10. The van der Waals surface area contributed by atoms with Gasteiger partial charge in [-0.25, -0.2) is 5.43 Å². The SMILES string of the molecule is CO[C@@H](C)c1ncccc1-c1c2c3cc(ccc3n1CCOC(C)C)C1CSC(=N1)C[C@H](NC(=O)C1[C@@H](C)[C@H]1C)C(=O)N1CCC[C@](C=O)(COCC(C)(C)C2)N1. The molecule has 3 aliphatic heterocycles. The zero-order chi connectivity index (χ0) is 40.6. The third-order valence-corrected chi connectivity index (χ3v) is 13.4. The lowest BCUT2D eigenvalue weighted by Crippen LogP contribution is -2.66. The number of aldehydes is 1. The van der Waals surface area contributed by atoms with E-state index in [1.165, 1.54) is 10.6 Å². The standard InChI is InChI=1S/C44H60N6O6S/c1-26(2)56-18-17-49-36-13-12-30-19-32(36)33(40(49)31-11-9-15-45-39(31)29(5)54-8)21-43(6,7)24-55-25-44(23-51)14-10-16-50(48-44)42(53)34(20-37-46-35(30)22-57-37)47-41(52)38-27(3)28(38)4/h9,11-13,15,19,23,26-29,34-35,38,48H,10,14,16-18,20-22,24-25H2,1-8H3,(H,47,52)/t27-,28+,29-,34-,35?,38?,44-/m0/s1. The highest BCUT2D eigenvalue weighted by Gasteiger charge is 2.49. The monoisotopic (exact) mass is 800 g/mol. The number of benzene rings is 1. The Morgan fingerprint density at radius 2 is 1.96 bits per heavy atom. The van der Waals surface area contributed by atoms with Crippen LogP contribution >= 0.6 is 11.8 Å². The molecule has 1 saturated carbocycles. The first-order chi connectivity index (χ1) is 27.2. The minimum Gasteiger partial charge on any atom is -0.378 e. The quantitative estimate of drug-likeness (QED) is 0.222. The van der Waals surface area contributed by atoms with Gasteiger partial charge in [-0.1, -0.05) is 33.8 Å². The predicted molar refractivity (Wildman–Crippen MR) is 224 cm³/mol. The largest absolute Gasteiger partial charge is 0.378 e. The third-order valence-electron chi connectivity index (χ3n) is 12.4. The summed E-state index contributed by atoms with van der Waals surface area (Å²) in [7, 11) is 1.71. The van der Waals surface area contributed by atoms with Gasteiger partial charge in [-0.05, 0) is 92.7 Å². The van der Waals surface area contributed by atoms with Crippen LogP contribution in [0.3, 0.4) is 0 Å². The predicted octanol–water partition coefficient (Wildman–Crippen LogP) is 6.46. The topological polar surface area (TPSA) is 136 Å². The van der Waals surface area contributed by atoms with Crippen molar-refractivity contribution >= 4 is 45.8 Å². The summed E-state index contributed by atoms with van der Waals surface area (Å²) in [5.74, 6) is 0.782. The highest BCUT2D eigenvalue weighted by atomic mass is 32.2. The second-order valence-electron chi connectivity index (χ2n) is 17.7. The van der Waals surface area contributed by atoms with E-state index in [9.17, 15) is 14.4 Å². The summed E-state index contributed by atoms with van der Waals surface area (Å²) >= 11 is 1.64. The van der Waals surface area contributed by atoms with Gasteiger partial charge in [-0.3, -0.25) is 24.6 Å². The number of rotatable bonds is 10.